The Morgan fingerprint density at radius 3 is 2.74 bits per heavy atom. The van der Waals surface area contributed by atoms with Crippen LogP contribution >= 0.6 is 12.2 Å². The Balaban J connectivity index is 1.79. The van der Waals surface area contributed by atoms with Crippen molar-refractivity contribution in [1.29, 1.82) is 0 Å². The number of nitro groups is 1. The molecule has 9 nitrogen and oxygen atoms in total. The van der Waals surface area contributed by atoms with E-state index < -0.39 is 4.92 Å². The summed E-state index contributed by atoms with van der Waals surface area (Å²) >= 11 is 5.23. The van der Waals surface area contributed by atoms with Crippen molar-refractivity contribution in [1.82, 2.24) is 20.1 Å². The van der Waals surface area contributed by atoms with Gasteiger partial charge in [0.2, 0.25) is 0 Å². The fourth-order valence-corrected chi connectivity index (χ4v) is 2.72. The quantitative estimate of drug-likeness (QED) is 0.383. The lowest BCUT2D eigenvalue weighted by Crippen LogP contribution is -2.24. The van der Waals surface area contributed by atoms with Gasteiger partial charge in [-0.3, -0.25) is 24.6 Å². The fraction of sp³-hybridized carbons (Fsp3) is 0.118. The summed E-state index contributed by atoms with van der Waals surface area (Å²) in [4.78, 5) is 22.7. The SMILES string of the molecule is COc1cccc(C(=O)NCc2n[nH]c(=S)n2-c2ccc([N+](=O)[O-])cc2)c1. The Labute approximate surface area is 158 Å². The first-order valence-electron chi connectivity index (χ1n) is 7.83. The van der Waals surface area contributed by atoms with Crippen molar-refractivity contribution in [3.05, 3.63) is 74.8 Å². The predicted octanol–water partition coefficient (Wildman–Crippen LogP) is 2.78. The predicted molar refractivity (Wildman–Crippen MR) is 99.6 cm³/mol. The van der Waals surface area contributed by atoms with E-state index in [1.54, 1.807) is 41.0 Å². The number of non-ortho nitro benzene ring substituents is 1. The van der Waals surface area contributed by atoms with E-state index in [9.17, 15) is 14.9 Å². The van der Waals surface area contributed by atoms with Gasteiger partial charge in [0, 0.05) is 17.7 Å². The summed E-state index contributed by atoms with van der Waals surface area (Å²) in [5.41, 5.74) is 1.02. The minimum absolute atomic E-state index is 0.0263. The molecule has 138 valence electrons. The number of nitrogens with one attached hydrogen (secondary N) is 2. The van der Waals surface area contributed by atoms with Crippen molar-refractivity contribution < 1.29 is 14.5 Å². The third kappa shape index (κ3) is 4.01. The standard InChI is InChI=1S/C17H15N5O4S/c1-26-14-4-2-3-11(9-14)16(23)18-10-15-19-20-17(27)21(15)12-5-7-13(8-6-12)22(24)25/h2-9H,10H2,1H3,(H,18,23)(H,20,27). The van der Waals surface area contributed by atoms with Gasteiger partial charge < -0.3 is 10.1 Å². The molecule has 2 N–H and O–H groups in total. The Morgan fingerprint density at radius 2 is 2.07 bits per heavy atom. The van der Waals surface area contributed by atoms with Crippen LogP contribution in [-0.4, -0.2) is 32.7 Å². The molecule has 1 aromatic heterocycles. The molecule has 0 atom stereocenters. The average molecular weight is 385 g/mol. The summed E-state index contributed by atoms with van der Waals surface area (Å²) in [5.74, 6) is 0.749. The van der Waals surface area contributed by atoms with Crippen LogP contribution in [0.25, 0.3) is 5.69 Å². The molecule has 0 unspecified atom stereocenters. The van der Waals surface area contributed by atoms with Gasteiger partial charge in [0.15, 0.2) is 10.6 Å². The molecule has 0 saturated carbocycles. The number of methoxy groups -OCH3 is 1. The first kappa shape index (κ1) is 18.3. The summed E-state index contributed by atoms with van der Waals surface area (Å²) in [6.45, 7) is 0.111. The van der Waals surface area contributed by atoms with E-state index in [-0.39, 0.29) is 18.1 Å². The highest BCUT2D eigenvalue weighted by atomic mass is 32.1. The normalized spacial score (nSPS) is 10.4. The van der Waals surface area contributed by atoms with Crippen molar-refractivity contribution in [2.24, 2.45) is 0 Å². The second-order valence-corrected chi connectivity index (χ2v) is 5.86. The smallest absolute Gasteiger partial charge is 0.269 e. The van der Waals surface area contributed by atoms with Gasteiger partial charge in [-0.15, -0.1) is 0 Å². The molecule has 10 heteroatoms. The lowest BCUT2D eigenvalue weighted by Gasteiger charge is -2.09. The zero-order chi connectivity index (χ0) is 19.4. The first-order valence-corrected chi connectivity index (χ1v) is 8.24. The summed E-state index contributed by atoms with van der Waals surface area (Å²) in [6, 6.07) is 12.7. The monoisotopic (exact) mass is 385 g/mol. The van der Waals surface area contributed by atoms with E-state index in [0.717, 1.165) is 0 Å². The largest absolute Gasteiger partial charge is 0.497 e. The minimum Gasteiger partial charge on any atom is -0.497 e. The molecule has 27 heavy (non-hydrogen) atoms. The maximum atomic E-state index is 12.3. The molecular weight excluding hydrogens is 370 g/mol. The van der Waals surface area contributed by atoms with Crippen molar-refractivity contribution in [2.45, 2.75) is 6.54 Å². The van der Waals surface area contributed by atoms with Crippen LogP contribution in [0.3, 0.4) is 0 Å². The summed E-state index contributed by atoms with van der Waals surface area (Å²) in [7, 11) is 1.53. The Kier molecular flexibility index (Phi) is 5.27. The number of aromatic nitrogens is 3. The number of hydrogen-bond acceptors (Lipinski definition) is 6. The Bertz CT molecular complexity index is 1040. The lowest BCUT2D eigenvalue weighted by molar-refractivity contribution is -0.384. The molecule has 0 spiro atoms. The molecule has 0 aliphatic heterocycles. The molecule has 3 rings (SSSR count). The second kappa shape index (κ2) is 7.79. The highest BCUT2D eigenvalue weighted by Crippen LogP contribution is 2.17. The molecule has 0 saturated heterocycles. The van der Waals surface area contributed by atoms with E-state index in [1.165, 1.54) is 19.2 Å². The van der Waals surface area contributed by atoms with E-state index in [4.69, 9.17) is 17.0 Å². The van der Waals surface area contributed by atoms with Crippen molar-refractivity contribution in [3.8, 4) is 11.4 Å². The van der Waals surface area contributed by atoms with Crippen LogP contribution in [0.1, 0.15) is 16.2 Å². The number of carbonyl (C=O) groups excluding carboxylic acids is 1. The van der Waals surface area contributed by atoms with E-state index in [2.05, 4.69) is 15.5 Å². The van der Waals surface area contributed by atoms with Gasteiger partial charge in [0.1, 0.15) is 5.75 Å². The molecule has 0 fully saturated rings. The number of rotatable bonds is 6. The Hall–Kier alpha value is -3.53. The first-order chi connectivity index (χ1) is 13.0. The molecule has 1 heterocycles. The number of nitrogens with zero attached hydrogens (tertiary/aromatic N) is 3. The number of benzene rings is 2. The van der Waals surface area contributed by atoms with Gasteiger partial charge in [0.05, 0.1) is 24.3 Å². The zero-order valence-corrected chi connectivity index (χ0v) is 15.0. The number of H-pyrrole nitrogens is 1. The topological polar surface area (TPSA) is 115 Å². The van der Waals surface area contributed by atoms with Crippen LogP contribution in [0.2, 0.25) is 0 Å². The molecule has 0 aliphatic carbocycles. The molecule has 0 radical (unpaired) electrons. The van der Waals surface area contributed by atoms with E-state index >= 15 is 0 Å². The molecule has 0 aliphatic rings. The third-order valence-corrected chi connectivity index (χ3v) is 4.07. The maximum absolute atomic E-state index is 12.3. The second-order valence-electron chi connectivity index (χ2n) is 5.47. The zero-order valence-electron chi connectivity index (χ0n) is 14.2. The highest BCUT2D eigenvalue weighted by molar-refractivity contribution is 7.71. The summed E-state index contributed by atoms with van der Waals surface area (Å²) in [5, 5.41) is 20.3. The van der Waals surface area contributed by atoms with Gasteiger partial charge >= 0.3 is 0 Å². The lowest BCUT2D eigenvalue weighted by atomic mass is 10.2. The summed E-state index contributed by atoms with van der Waals surface area (Å²) in [6.07, 6.45) is 0. The minimum atomic E-state index is -0.478. The van der Waals surface area contributed by atoms with Crippen LogP contribution in [-0.2, 0) is 6.54 Å². The number of nitro benzene ring substituents is 1. The van der Waals surface area contributed by atoms with Crippen molar-refractivity contribution in [2.75, 3.05) is 7.11 Å². The van der Waals surface area contributed by atoms with Crippen LogP contribution in [0.5, 0.6) is 5.75 Å². The van der Waals surface area contributed by atoms with Crippen LogP contribution in [0.15, 0.2) is 48.5 Å². The number of hydrogen-bond donors (Lipinski definition) is 2. The van der Waals surface area contributed by atoms with Gasteiger partial charge in [-0.05, 0) is 42.5 Å². The average Bonchev–Trinajstić information content (AvgIpc) is 3.06. The maximum Gasteiger partial charge on any atom is 0.269 e. The van der Waals surface area contributed by atoms with Crippen LogP contribution < -0.4 is 10.1 Å². The number of carbonyl (C=O) groups is 1. The van der Waals surface area contributed by atoms with Gasteiger partial charge in [-0.2, -0.15) is 5.10 Å². The number of aromatic amines is 1. The van der Waals surface area contributed by atoms with Crippen molar-refractivity contribution in [3.63, 3.8) is 0 Å². The van der Waals surface area contributed by atoms with Crippen LogP contribution in [0, 0.1) is 14.9 Å². The molecule has 3 aromatic rings. The van der Waals surface area contributed by atoms with Crippen LogP contribution in [0.4, 0.5) is 5.69 Å². The van der Waals surface area contributed by atoms with E-state index in [1.807, 2.05) is 0 Å². The van der Waals surface area contributed by atoms with Gasteiger partial charge in [0.25, 0.3) is 11.6 Å². The summed E-state index contributed by atoms with van der Waals surface area (Å²) < 4.78 is 7.03. The Morgan fingerprint density at radius 1 is 1.33 bits per heavy atom. The number of amides is 1. The third-order valence-electron chi connectivity index (χ3n) is 3.80. The number of ether oxygens (including phenoxy) is 1. The molecule has 1 amide bonds. The molecule has 2 aromatic carbocycles. The van der Waals surface area contributed by atoms with Gasteiger partial charge in [-0.1, -0.05) is 6.07 Å². The van der Waals surface area contributed by atoms with Gasteiger partial charge in [-0.25, -0.2) is 0 Å². The molecular formula is C17H15N5O4S. The van der Waals surface area contributed by atoms with Crippen molar-refractivity contribution >= 4 is 23.8 Å². The molecule has 0 bridgehead atoms. The van der Waals surface area contributed by atoms with E-state index in [0.29, 0.717) is 27.6 Å². The highest BCUT2D eigenvalue weighted by Gasteiger charge is 2.13. The fourth-order valence-electron chi connectivity index (χ4n) is 2.46.